The molecule has 3 unspecified atom stereocenters. The number of hydrogen-bond donors (Lipinski definition) is 0. The second-order valence-electron chi connectivity index (χ2n) is 14.1. The van der Waals surface area contributed by atoms with Crippen molar-refractivity contribution in [3.63, 3.8) is 0 Å². The second-order valence-corrected chi connectivity index (χ2v) is 14.1. The highest BCUT2D eigenvalue weighted by Crippen LogP contribution is 2.41. The lowest BCUT2D eigenvalue weighted by molar-refractivity contribution is 0.742. The fourth-order valence-corrected chi connectivity index (χ4v) is 8.44. The highest BCUT2D eigenvalue weighted by Gasteiger charge is 2.27. The van der Waals surface area contributed by atoms with Crippen molar-refractivity contribution in [1.82, 2.24) is 0 Å². The normalized spacial score (nSPS) is 17.8. The van der Waals surface area contributed by atoms with Crippen molar-refractivity contribution in [2.45, 2.75) is 25.7 Å². The molecule has 254 valence electrons. The summed E-state index contributed by atoms with van der Waals surface area (Å²) in [6.07, 6.45) is 26.7. The van der Waals surface area contributed by atoms with E-state index >= 15 is 0 Å². The van der Waals surface area contributed by atoms with Gasteiger partial charge in [0, 0.05) is 28.8 Å². The summed E-state index contributed by atoms with van der Waals surface area (Å²) in [5.74, 6) is 0.763. The Hall–Kier alpha value is -6.40. The molecule has 0 spiro atoms. The van der Waals surface area contributed by atoms with E-state index in [1.165, 1.54) is 54.2 Å². The molecule has 0 aliphatic heterocycles. The highest BCUT2D eigenvalue weighted by molar-refractivity contribution is 6.09. The summed E-state index contributed by atoms with van der Waals surface area (Å²) in [5.41, 5.74) is 13.1. The van der Waals surface area contributed by atoms with Crippen molar-refractivity contribution < 1.29 is 0 Å². The zero-order valence-corrected chi connectivity index (χ0v) is 30.2. The van der Waals surface area contributed by atoms with Gasteiger partial charge in [0.05, 0.1) is 5.69 Å². The first kappa shape index (κ1) is 32.5. The Morgan fingerprint density at radius 2 is 1.53 bits per heavy atom. The number of allylic oxidation sites excluding steroid dienone is 9. The SMILES string of the molecule is C/C=C(\C=C/C(C)c1cc2ccccc2c2ccccc12)N(c1ccc(C2C=c3ccccc3=C3C=CC=CC32)cc1)c1cccc2c1C=CC=C=C2. The minimum atomic E-state index is 0.191. The molecule has 53 heavy (non-hydrogen) atoms. The van der Waals surface area contributed by atoms with Crippen LogP contribution in [0.2, 0.25) is 0 Å². The van der Waals surface area contributed by atoms with Gasteiger partial charge in [-0.1, -0.05) is 159 Å². The van der Waals surface area contributed by atoms with Gasteiger partial charge in [-0.25, -0.2) is 0 Å². The molecule has 0 radical (unpaired) electrons. The third-order valence-corrected chi connectivity index (χ3v) is 11.1. The molecule has 0 N–H and O–H groups in total. The average molecular weight is 680 g/mol. The molecule has 1 heteroatoms. The summed E-state index contributed by atoms with van der Waals surface area (Å²) in [4.78, 5) is 2.41. The summed E-state index contributed by atoms with van der Waals surface area (Å²) in [5, 5.41) is 7.84. The molecule has 0 saturated heterocycles. The van der Waals surface area contributed by atoms with Crippen molar-refractivity contribution in [3.05, 3.63) is 220 Å². The fraction of sp³-hybridized carbons (Fsp3) is 0.0962. The molecule has 0 bridgehead atoms. The summed E-state index contributed by atoms with van der Waals surface area (Å²) < 4.78 is 0. The first-order valence-corrected chi connectivity index (χ1v) is 18.7. The molecule has 9 rings (SSSR count). The first-order valence-electron chi connectivity index (χ1n) is 18.7. The van der Waals surface area contributed by atoms with Gasteiger partial charge in [0.1, 0.15) is 0 Å². The predicted octanol–water partition coefficient (Wildman–Crippen LogP) is 12.1. The van der Waals surface area contributed by atoms with E-state index in [0.29, 0.717) is 5.92 Å². The number of nitrogens with zero attached hydrogens (tertiary/aromatic N) is 1. The number of hydrogen-bond acceptors (Lipinski definition) is 1. The molecule has 0 amide bonds. The van der Waals surface area contributed by atoms with Crippen LogP contribution in [-0.4, -0.2) is 0 Å². The lowest BCUT2D eigenvalue weighted by atomic mass is 9.75. The van der Waals surface area contributed by atoms with Gasteiger partial charge in [0.15, 0.2) is 0 Å². The maximum Gasteiger partial charge on any atom is 0.0540 e. The molecule has 6 aromatic carbocycles. The number of anilines is 2. The van der Waals surface area contributed by atoms with Gasteiger partial charge < -0.3 is 4.90 Å². The number of benzene rings is 6. The lowest BCUT2D eigenvalue weighted by Crippen LogP contribution is -2.35. The summed E-state index contributed by atoms with van der Waals surface area (Å²) in [6.45, 7) is 4.46. The molecule has 0 aromatic heterocycles. The van der Waals surface area contributed by atoms with Crippen LogP contribution in [0.5, 0.6) is 0 Å². The van der Waals surface area contributed by atoms with Crippen molar-refractivity contribution in [2.24, 2.45) is 5.92 Å². The van der Waals surface area contributed by atoms with Crippen LogP contribution in [0.3, 0.4) is 0 Å². The van der Waals surface area contributed by atoms with E-state index in [0.717, 1.165) is 22.6 Å². The third-order valence-electron chi connectivity index (χ3n) is 11.1. The van der Waals surface area contributed by atoms with Crippen LogP contribution in [0.15, 0.2) is 187 Å². The van der Waals surface area contributed by atoms with Gasteiger partial charge in [-0.3, -0.25) is 0 Å². The molecular formula is C52H41N. The zero-order valence-electron chi connectivity index (χ0n) is 30.2. The Morgan fingerprint density at radius 1 is 0.736 bits per heavy atom. The van der Waals surface area contributed by atoms with Crippen molar-refractivity contribution in [1.29, 1.82) is 0 Å². The third kappa shape index (κ3) is 5.96. The van der Waals surface area contributed by atoms with E-state index in [-0.39, 0.29) is 11.8 Å². The van der Waals surface area contributed by atoms with Gasteiger partial charge in [0.25, 0.3) is 0 Å². The van der Waals surface area contributed by atoms with Crippen LogP contribution in [0.1, 0.15) is 47.9 Å². The molecular weight excluding hydrogens is 639 g/mol. The molecule has 6 aromatic rings. The second kappa shape index (κ2) is 14.0. The van der Waals surface area contributed by atoms with Crippen LogP contribution in [-0.2, 0) is 0 Å². The van der Waals surface area contributed by atoms with Gasteiger partial charge in [0.2, 0.25) is 0 Å². The predicted molar refractivity (Wildman–Crippen MR) is 227 cm³/mol. The van der Waals surface area contributed by atoms with E-state index in [1.807, 2.05) is 6.08 Å². The van der Waals surface area contributed by atoms with E-state index in [2.05, 4.69) is 213 Å². The molecule has 0 fully saturated rings. The van der Waals surface area contributed by atoms with Crippen molar-refractivity contribution >= 4 is 56.7 Å². The summed E-state index contributed by atoms with van der Waals surface area (Å²) >= 11 is 0. The fourth-order valence-electron chi connectivity index (χ4n) is 8.44. The van der Waals surface area contributed by atoms with Gasteiger partial charge in [-0.15, -0.1) is 5.73 Å². The van der Waals surface area contributed by atoms with E-state index < -0.39 is 0 Å². The molecule has 1 nitrogen and oxygen atoms in total. The van der Waals surface area contributed by atoms with Gasteiger partial charge >= 0.3 is 0 Å². The topological polar surface area (TPSA) is 3.24 Å². The Labute approximate surface area is 312 Å². The molecule has 3 aliphatic rings. The minimum Gasteiger partial charge on any atom is -0.310 e. The number of fused-ring (bicyclic) bond motifs is 6. The van der Waals surface area contributed by atoms with Crippen LogP contribution >= 0.6 is 0 Å². The zero-order chi connectivity index (χ0) is 35.7. The molecule has 0 heterocycles. The van der Waals surface area contributed by atoms with Crippen LogP contribution in [0, 0.1) is 5.92 Å². The van der Waals surface area contributed by atoms with E-state index in [1.54, 1.807) is 0 Å². The highest BCUT2D eigenvalue weighted by atomic mass is 15.1. The van der Waals surface area contributed by atoms with Crippen LogP contribution in [0.25, 0.3) is 45.3 Å². The van der Waals surface area contributed by atoms with Gasteiger partial charge in [-0.05, 0) is 110 Å². The average Bonchev–Trinajstić information content (AvgIpc) is 3.48. The minimum absolute atomic E-state index is 0.191. The van der Waals surface area contributed by atoms with E-state index in [9.17, 15) is 0 Å². The maximum absolute atomic E-state index is 3.31. The van der Waals surface area contributed by atoms with Gasteiger partial charge in [-0.2, -0.15) is 0 Å². The molecule has 0 saturated carbocycles. The Kier molecular flexibility index (Phi) is 8.56. The lowest BCUT2D eigenvalue weighted by Gasteiger charge is -2.31. The summed E-state index contributed by atoms with van der Waals surface area (Å²) in [6, 6.07) is 44.6. The standard InChI is InChI=1S/C52H41N/c1-3-41(31-28-36(2)50-34-39-17-7-9-20-43(39)46-23-11-13-25-48(46)50)53(52-27-15-19-37-16-5-4-6-22-45(37)52)42-32-29-38(30-33-42)51-35-40-18-8-10-21-44(40)47-24-12-14-26-49(47)51/h3-4,6-36,49,51H,1-2H3/b31-28-,41-3+. The van der Waals surface area contributed by atoms with Crippen molar-refractivity contribution in [3.8, 4) is 0 Å². The number of rotatable bonds is 7. The van der Waals surface area contributed by atoms with Crippen LogP contribution < -0.4 is 15.3 Å². The van der Waals surface area contributed by atoms with Crippen LogP contribution in [0.4, 0.5) is 11.4 Å². The molecule has 3 atom stereocenters. The molecule has 3 aliphatic carbocycles. The largest absolute Gasteiger partial charge is 0.310 e. The summed E-state index contributed by atoms with van der Waals surface area (Å²) in [7, 11) is 0. The smallest absolute Gasteiger partial charge is 0.0540 e. The monoisotopic (exact) mass is 679 g/mol. The quantitative estimate of drug-likeness (QED) is 0.0922. The van der Waals surface area contributed by atoms with E-state index in [4.69, 9.17) is 0 Å². The Morgan fingerprint density at radius 3 is 2.40 bits per heavy atom. The van der Waals surface area contributed by atoms with Crippen molar-refractivity contribution in [2.75, 3.05) is 4.90 Å². The Bertz CT molecular complexity index is 2740. The first-order chi connectivity index (χ1) is 26.2. The Balaban J connectivity index is 1.12. The maximum atomic E-state index is 3.31.